The van der Waals surface area contributed by atoms with E-state index in [1.165, 1.54) is 177 Å². The van der Waals surface area contributed by atoms with Gasteiger partial charge in [0.2, 0.25) is 0 Å². The second-order valence-corrected chi connectivity index (χ2v) is 19.4. The van der Waals surface area contributed by atoms with Crippen LogP contribution < -0.4 is 0 Å². The van der Waals surface area contributed by atoms with Gasteiger partial charge >= 0.3 is 0 Å². The van der Waals surface area contributed by atoms with Crippen molar-refractivity contribution in [1.82, 2.24) is 0 Å². The van der Waals surface area contributed by atoms with E-state index in [-0.39, 0.29) is 0 Å². The maximum Gasteiger partial charge on any atom is 0.150 e. The second-order valence-electron chi connectivity index (χ2n) is 11.4. The first kappa shape index (κ1) is 34.2. The fourth-order valence-corrected chi connectivity index (χ4v) is 6.91. The Labute approximate surface area is 230 Å². The fraction of sp³-hybridized carbons (Fsp3) is 1.00. The monoisotopic (exact) mass is 612 g/mol. The standard InChI is InChI=1S/C30H62ClISi/c1-33(2,31)30-28-26-24-22-20-18-16-14-12-10-8-6-4-3-5-7-9-11-13-15-17-19-21-23-25-27-29-32/h3-30H2,1-2H3. The Morgan fingerprint density at radius 3 is 0.727 bits per heavy atom. The van der Waals surface area contributed by atoms with Crippen LogP contribution in [-0.4, -0.2) is 11.8 Å². The summed E-state index contributed by atoms with van der Waals surface area (Å²) in [6, 6.07) is 1.30. The lowest BCUT2D eigenvalue weighted by Gasteiger charge is -2.11. The molecule has 0 fully saturated rings. The van der Waals surface area contributed by atoms with Crippen LogP contribution in [0.2, 0.25) is 19.1 Å². The van der Waals surface area contributed by atoms with Crippen LogP contribution in [0, 0.1) is 0 Å². The van der Waals surface area contributed by atoms with E-state index in [1.807, 2.05) is 0 Å². The molecule has 0 saturated heterocycles. The molecule has 0 atom stereocenters. The fourth-order valence-electron chi connectivity index (χ4n) is 4.88. The quantitative estimate of drug-likeness (QED) is 0.0271. The van der Waals surface area contributed by atoms with E-state index in [0.29, 0.717) is 0 Å². The summed E-state index contributed by atoms with van der Waals surface area (Å²) in [6.45, 7) is 4.55. The van der Waals surface area contributed by atoms with Crippen LogP contribution in [0.3, 0.4) is 0 Å². The van der Waals surface area contributed by atoms with E-state index in [1.54, 1.807) is 0 Å². The zero-order valence-corrected chi connectivity index (χ0v) is 27.0. The molecule has 0 heterocycles. The minimum Gasteiger partial charge on any atom is -0.168 e. The average molecular weight is 613 g/mol. The van der Waals surface area contributed by atoms with Crippen LogP contribution >= 0.6 is 33.7 Å². The topological polar surface area (TPSA) is 0 Å². The van der Waals surface area contributed by atoms with E-state index >= 15 is 0 Å². The zero-order valence-electron chi connectivity index (χ0n) is 23.1. The number of hydrogen-bond acceptors (Lipinski definition) is 0. The highest BCUT2D eigenvalue weighted by atomic mass is 127. The molecule has 0 unspecified atom stereocenters. The molecule has 200 valence electrons. The van der Waals surface area contributed by atoms with Gasteiger partial charge in [-0.25, -0.2) is 0 Å². The third kappa shape index (κ3) is 33.2. The highest BCUT2D eigenvalue weighted by Crippen LogP contribution is 2.20. The van der Waals surface area contributed by atoms with Gasteiger partial charge in [0.25, 0.3) is 0 Å². The molecule has 0 bridgehead atoms. The zero-order chi connectivity index (χ0) is 24.3. The Balaban J connectivity index is 3.03. The normalized spacial score (nSPS) is 12.0. The molecule has 0 aromatic carbocycles. The maximum absolute atomic E-state index is 6.38. The number of rotatable bonds is 28. The lowest BCUT2D eigenvalue weighted by molar-refractivity contribution is 0.516. The van der Waals surface area contributed by atoms with Crippen molar-refractivity contribution < 1.29 is 0 Å². The van der Waals surface area contributed by atoms with Crippen molar-refractivity contribution in [3.8, 4) is 0 Å². The summed E-state index contributed by atoms with van der Waals surface area (Å²) < 4.78 is 1.34. The smallest absolute Gasteiger partial charge is 0.150 e. The average Bonchev–Trinajstić information content (AvgIpc) is 2.78. The Bertz CT molecular complexity index is 356. The molecule has 0 N–H and O–H groups in total. The largest absolute Gasteiger partial charge is 0.168 e. The molecule has 0 aromatic heterocycles. The first-order valence-corrected chi connectivity index (χ1v) is 21.1. The molecule has 0 amide bonds. The van der Waals surface area contributed by atoms with E-state index in [9.17, 15) is 0 Å². The van der Waals surface area contributed by atoms with Gasteiger partial charge < -0.3 is 0 Å². The van der Waals surface area contributed by atoms with Crippen molar-refractivity contribution in [2.24, 2.45) is 0 Å². The minimum absolute atomic E-state index is 1.30. The molecule has 0 radical (unpaired) electrons. The lowest BCUT2D eigenvalue weighted by Crippen LogP contribution is -2.14. The number of hydrogen-bond donors (Lipinski definition) is 0. The Kier molecular flexibility index (Phi) is 28.9. The summed E-state index contributed by atoms with van der Waals surface area (Å²) in [5, 5.41) is 0. The van der Waals surface area contributed by atoms with Crippen LogP contribution in [0.5, 0.6) is 0 Å². The van der Waals surface area contributed by atoms with Crippen molar-refractivity contribution in [3.63, 3.8) is 0 Å². The number of alkyl halides is 1. The lowest BCUT2D eigenvalue weighted by atomic mass is 10.0. The highest BCUT2D eigenvalue weighted by molar-refractivity contribution is 14.1. The molecule has 0 aliphatic heterocycles. The van der Waals surface area contributed by atoms with Gasteiger partial charge in [0, 0.05) is 0 Å². The third-order valence-electron chi connectivity index (χ3n) is 7.15. The molecule has 0 aliphatic rings. The maximum atomic E-state index is 6.38. The molecular weight excluding hydrogens is 551 g/mol. The van der Waals surface area contributed by atoms with Crippen LogP contribution in [0.25, 0.3) is 0 Å². The third-order valence-corrected chi connectivity index (χ3v) is 10.0. The molecule has 0 nitrogen and oxygen atoms in total. The van der Waals surface area contributed by atoms with Gasteiger partial charge in [-0.05, 0) is 16.9 Å². The van der Waals surface area contributed by atoms with Crippen LogP contribution in [0.1, 0.15) is 167 Å². The van der Waals surface area contributed by atoms with Crippen molar-refractivity contribution >= 4 is 41.1 Å². The molecule has 0 aliphatic carbocycles. The summed E-state index contributed by atoms with van der Waals surface area (Å²) in [5.74, 6) is 0. The molecule has 0 saturated carbocycles. The van der Waals surface area contributed by atoms with Crippen LogP contribution in [0.15, 0.2) is 0 Å². The van der Waals surface area contributed by atoms with Gasteiger partial charge in [-0.1, -0.05) is 196 Å². The van der Waals surface area contributed by atoms with Gasteiger partial charge in [0.05, 0.1) is 0 Å². The molecule has 33 heavy (non-hydrogen) atoms. The number of unbranched alkanes of at least 4 members (excludes halogenated alkanes) is 25. The van der Waals surface area contributed by atoms with Gasteiger partial charge in [-0.15, -0.1) is 0 Å². The molecule has 0 spiro atoms. The minimum atomic E-state index is -1.31. The van der Waals surface area contributed by atoms with Crippen molar-refractivity contribution in [2.45, 2.75) is 186 Å². The molecular formula is C30H62ClISi. The molecule has 0 rings (SSSR count). The van der Waals surface area contributed by atoms with Crippen molar-refractivity contribution in [1.29, 1.82) is 0 Å². The van der Waals surface area contributed by atoms with E-state index in [4.69, 9.17) is 11.1 Å². The molecule has 0 aromatic rings. The van der Waals surface area contributed by atoms with Gasteiger partial charge in [0.1, 0.15) is 7.38 Å². The molecule has 3 heteroatoms. The summed E-state index contributed by atoms with van der Waals surface area (Å²) in [4.78, 5) is 0. The van der Waals surface area contributed by atoms with E-state index in [0.717, 1.165) is 0 Å². The van der Waals surface area contributed by atoms with E-state index < -0.39 is 7.38 Å². The van der Waals surface area contributed by atoms with Crippen LogP contribution in [0.4, 0.5) is 0 Å². The summed E-state index contributed by atoms with van der Waals surface area (Å²) in [7, 11) is -1.31. The van der Waals surface area contributed by atoms with Gasteiger partial charge in [-0.3, -0.25) is 0 Å². The Morgan fingerprint density at radius 1 is 0.364 bits per heavy atom. The number of halogens is 2. The predicted molar refractivity (Wildman–Crippen MR) is 167 cm³/mol. The Morgan fingerprint density at radius 2 is 0.545 bits per heavy atom. The Hall–Kier alpha value is 1.24. The van der Waals surface area contributed by atoms with E-state index in [2.05, 4.69) is 35.7 Å². The SMILES string of the molecule is C[Si](C)(Cl)CCCCCCCCCCCCCCCCCCCCCCCCCCCCI. The van der Waals surface area contributed by atoms with Gasteiger partial charge in [-0.2, -0.15) is 11.1 Å². The first-order valence-electron chi connectivity index (χ1n) is 15.3. The van der Waals surface area contributed by atoms with Crippen molar-refractivity contribution in [3.05, 3.63) is 0 Å². The van der Waals surface area contributed by atoms with Gasteiger partial charge in [0.15, 0.2) is 0 Å². The van der Waals surface area contributed by atoms with Crippen molar-refractivity contribution in [2.75, 3.05) is 4.43 Å². The highest BCUT2D eigenvalue weighted by Gasteiger charge is 2.15. The first-order chi connectivity index (χ1) is 16.1. The summed E-state index contributed by atoms with van der Waals surface area (Å²) in [5.41, 5.74) is 0. The summed E-state index contributed by atoms with van der Waals surface area (Å²) in [6.07, 6.45) is 38.2. The predicted octanol–water partition coefficient (Wildman–Crippen LogP) is 13.0. The summed E-state index contributed by atoms with van der Waals surface area (Å²) >= 11 is 8.88. The van der Waals surface area contributed by atoms with Crippen LogP contribution in [-0.2, 0) is 0 Å². The second kappa shape index (κ2) is 27.8.